The van der Waals surface area contributed by atoms with Gasteiger partial charge in [0, 0.05) is 11.1 Å². The van der Waals surface area contributed by atoms with Crippen LogP contribution in [0.4, 0.5) is 4.39 Å². The molecular weight excluding hydrogens is 417 g/mol. The van der Waals surface area contributed by atoms with Crippen molar-refractivity contribution in [3.63, 3.8) is 0 Å². The Morgan fingerprint density at radius 3 is 2.55 bits per heavy atom. The smallest absolute Gasteiger partial charge is 0.271 e. The summed E-state index contributed by atoms with van der Waals surface area (Å²) in [6.45, 7) is 3.64. The van der Waals surface area contributed by atoms with Crippen LogP contribution in [0.15, 0.2) is 41.6 Å². The molecule has 0 spiro atoms. The summed E-state index contributed by atoms with van der Waals surface area (Å²) in [6, 6.07) is 5.09. The molecule has 152 valence electrons. The van der Waals surface area contributed by atoms with Crippen LogP contribution in [-0.2, 0) is 23.1 Å². The van der Waals surface area contributed by atoms with E-state index in [4.69, 9.17) is 0 Å². The number of aryl methyl sites for hydroxylation is 2. The van der Waals surface area contributed by atoms with Crippen molar-refractivity contribution in [3.05, 3.63) is 69.4 Å². The Bertz CT molecular complexity index is 1150. The average Bonchev–Trinajstić information content (AvgIpc) is 3.10. The Balaban J connectivity index is 1.65. The van der Waals surface area contributed by atoms with Gasteiger partial charge in [0.05, 0.1) is 35.7 Å². The molecule has 0 bridgehead atoms. The van der Waals surface area contributed by atoms with Crippen molar-refractivity contribution in [1.29, 1.82) is 0 Å². The first-order chi connectivity index (χ1) is 13.8. The van der Waals surface area contributed by atoms with Gasteiger partial charge in [0.2, 0.25) is 10.0 Å². The third-order valence-electron chi connectivity index (χ3n) is 3.93. The van der Waals surface area contributed by atoms with Crippen LogP contribution in [0, 0.1) is 19.7 Å². The first-order valence-corrected chi connectivity index (χ1v) is 10.8. The van der Waals surface area contributed by atoms with E-state index in [2.05, 4.69) is 25.0 Å². The Kier molecular flexibility index (Phi) is 6.30. The molecule has 2 heterocycles. The zero-order valence-electron chi connectivity index (χ0n) is 15.6. The van der Waals surface area contributed by atoms with Crippen LogP contribution in [0.3, 0.4) is 0 Å². The number of carbonyl (C=O) groups is 1. The summed E-state index contributed by atoms with van der Waals surface area (Å²) in [5, 5.41) is 3.64. The lowest BCUT2D eigenvalue weighted by molar-refractivity contribution is 0.0945. The van der Waals surface area contributed by atoms with Gasteiger partial charge in [0.1, 0.15) is 16.4 Å². The number of rotatable bonds is 7. The number of benzene rings is 1. The summed E-state index contributed by atoms with van der Waals surface area (Å²) in [7, 11) is -4.05. The lowest BCUT2D eigenvalue weighted by Crippen LogP contribution is -2.27. The highest BCUT2D eigenvalue weighted by Crippen LogP contribution is 2.14. The van der Waals surface area contributed by atoms with Crippen molar-refractivity contribution in [2.45, 2.75) is 31.8 Å². The maximum Gasteiger partial charge on any atom is 0.271 e. The average molecular weight is 436 g/mol. The monoisotopic (exact) mass is 435 g/mol. The topological polar surface area (TPSA) is 114 Å². The van der Waals surface area contributed by atoms with Crippen LogP contribution in [0.2, 0.25) is 0 Å². The molecule has 0 fully saturated rings. The van der Waals surface area contributed by atoms with Crippen molar-refractivity contribution < 1.29 is 17.6 Å². The maximum atomic E-state index is 13.7. The van der Waals surface area contributed by atoms with Crippen molar-refractivity contribution in [2.75, 3.05) is 0 Å². The van der Waals surface area contributed by atoms with Crippen LogP contribution in [0.5, 0.6) is 0 Å². The number of aromatic nitrogens is 3. The van der Waals surface area contributed by atoms with Gasteiger partial charge in [-0.2, -0.15) is 0 Å². The number of nitrogens with one attached hydrogen (secondary N) is 2. The number of thiazole rings is 1. The van der Waals surface area contributed by atoms with E-state index in [1.807, 2.05) is 6.92 Å². The van der Waals surface area contributed by atoms with Crippen LogP contribution in [0.1, 0.15) is 31.8 Å². The Hall–Kier alpha value is -2.76. The molecule has 29 heavy (non-hydrogen) atoms. The van der Waals surface area contributed by atoms with E-state index < -0.39 is 26.6 Å². The number of sulfonamides is 1. The molecular formula is C18H18FN5O3S2. The molecule has 1 amide bonds. The van der Waals surface area contributed by atoms with Gasteiger partial charge in [-0.3, -0.25) is 9.78 Å². The molecule has 1 aromatic carbocycles. The first-order valence-electron chi connectivity index (χ1n) is 8.52. The van der Waals surface area contributed by atoms with Crippen LogP contribution < -0.4 is 10.0 Å². The van der Waals surface area contributed by atoms with Gasteiger partial charge in [0.25, 0.3) is 5.91 Å². The van der Waals surface area contributed by atoms with Crippen LogP contribution in [-0.4, -0.2) is 29.3 Å². The minimum absolute atomic E-state index is 0.115. The fourth-order valence-corrected chi connectivity index (χ4v) is 4.24. The highest BCUT2D eigenvalue weighted by Gasteiger charge is 2.19. The van der Waals surface area contributed by atoms with Gasteiger partial charge in [-0.25, -0.2) is 27.5 Å². The van der Waals surface area contributed by atoms with E-state index in [-0.39, 0.29) is 12.2 Å². The highest BCUT2D eigenvalue weighted by atomic mass is 32.2. The molecule has 11 heteroatoms. The first kappa shape index (κ1) is 21.0. The zero-order valence-corrected chi connectivity index (χ0v) is 17.3. The molecule has 0 unspecified atom stereocenters. The van der Waals surface area contributed by atoms with Crippen LogP contribution >= 0.6 is 11.3 Å². The van der Waals surface area contributed by atoms with Gasteiger partial charge in [-0.1, -0.05) is 12.1 Å². The normalized spacial score (nSPS) is 11.4. The summed E-state index contributed by atoms with van der Waals surface area (Å²) < 4.78 is 40.6. The number of hydrogen-bond acceptors (Lipinski definition) is 7. The van der Waals surface area contributed by atoms with Crippen LogP contribution in [0.25, 0.3) is 0 Å². The molecule has 2 N–H and O–H groups in total. The predicted molar refractivity (Wildman–Crippen MR) is 105 cm³/mol. The molecule has 0 atom stereocenters. The third kappa shape index (κ3) is 5.19. The summed E-state index contributed by atoms with van der Waals surface area (Å²) in [5.41, 5.74) is 0.839. The fraction of sp³-hybridized carbons (Fsp3) is 0.222. The number of amides is 1. The van der Waals surface area contributed by atoms with Gasteiger partial charge in [0.15, 0.2) is 0 Å². The van der Waals surface area contributed by atoms with Gasteiger partial charge >= 0.3 is 0 Å². The standard InChI is InChI=1S/C18H18FN5O3S2/c1-11-15(10-23-29(26,27)17-6-4-3-5-14(17)19)21-9-16(24-11)18(25)22-8-13-7-20-12(2)28-13/h3-7,9,23H,8,10H2,1-2H3,(H,22,25). The molecule has 2 aromatic heterocycles. The summed E-state index contributed by atoms with van der Waals surface area (Å²) in [5.74, 6) is -1.24. The Morgan fingerprint density at radius 1 is 1.14 bits per heavy atom. The second kappa shape index (κ2) is 8.72. The van der Waals surface area contributed by atoms with E-state index in [9.17, 15) is 17.6 Å². The second-order valence-corrected chi connectivity index (χ2v) is 9.13. The van der Waals surface area contributed by atoms with Gasteiger partial charge in [-0.05, 0) is 26.0 Å². The summed E-state index contributed by atoms with van der Waals surface area (Å²) in [6.07, 6.45) is 2.97. The fourth-order valence-electron chi connectivity index (χ4n) is 2.44. The minimum atomic E-state index is -4.05. The molecule has 0 aliphatic rings. The summed E-state index contributed by atoms with van der Waals surface area (Å²) >= 11 is 1.48. The molecule has 0 aliphatic heterocycles. The lowest BCUT2D eigenvalue weighted by atomic mass is 10.3. The second-order valence-electron chi connectivity index (χ2n) is 6.07. The van der Waals surface area contributed by atoms with E-state index in [1.54, 1.807) is 13.1 Å². The SMILES string of the molecule is Cc1ncc(CNC(=O)c2cnc(CNS(=O)(=O)c3ccccc3F)c(C)n2)s1. The van der Waals surface area contributed by atoms with Gasteiger partial charge in [-0.15, -0.1) is 11.3 Å². The largest absolute Gasteiger partial charge is 0.346 e. The molecule has 8 nitrogen and oxygen atoms in total. The number of hydrogen-bond donors (Lipinski definition) is 2. The minimum Gasteiger partial charge on any atom is -0.346 e. The number of nitrogens with zero attached hydrogens (tertiary/aromatic N) is 3. The van der Waals surface area contributed by atoms with Crippen molar-refractivity contribution >= 4 is 27.3 Å². The quantitative estimate of drug-likeness (QED) is 0.587. The highest BCUT2D eigenvalue weighted by molar-refractivity contribution is 7.89. The van der Waals surface area contributed by atoms with Crippen molar-refractivity contribution in [1.82, 2.24) is 25.0 Å². The van der Waals surface area contributed by atoms with Gasteiger partial charge < -0.3 is 5.32 Å². The molecule has 0 aliphatic carbocycles. The van der Waals surface area contributed by atoms with E-state index in [1.165, 1.54) is 35.7 Å². The number of carbonyl (C=O) groups excluding carboxylic acids is 1. The predicted octanol–water partition coefficient (Wildman–Crippen LogP) is 2.10. The summed E-state index contributed by atoms with van der Waals surface area (Å²) in [4.78, 5) is 25.1. The van der Waals surface area contributed by atoms with E-state index in [0.717, 1.165) is 16.0 Å². The van der Waals surface area contributed by atoms with E-state index in [0.29, 0.717) is 17.9 Å². The maximum absolute atomic E-state index is 13.7. The Labute approximate surface area is 171 Å². The molecule has 3 rings (SSSR count). The molecule has 3 aromatic rings. The van der Waals surface area contributed by atoms with Crippen molar-refractivity contribution in [2.24, 2.45) is 0 Å². The third-order valence-corrected chi connectivity index (χ3v) is 6.28. The zero-order chi connectivity index (χ0) is 21.0. The Morgan fingerprint density at radius 2 is 1.90 bits per heavy atom. The van der Waals surface area contributed by atoms with Crippen molar-refractivity contribution in [3.8, 4) is 0 Å². The number of halogens is 1. The molecule has 0 saturated heterocycles. The molecule has 0 radical (unpaired) electrons. The molecule has 0 saturated carbocycles. The van der Waals surface area contributed by atoms with E-state index >= 15 is 0 Å². The lowest BCUT2D eigenvalue weighted by Gasteiger charge is -2.10.